The minimum atomic E-state index is 1.23. The van der Waals surface area contributed by atoms with Gasteiger partial charge in [0.1, 0.15) is 0 Å². The standard InChI is InChI=1S/C12H20/c1-4-6-11-8-9-12(7-5-2)10(11)3/h8H,4-7,9H2,1-3H3. The Labute approximate surface area is 76.4 Å². The third-order valence-electron chi connectivity index (χ3n) is 2.68. The molecule has 1 rings (SSSR count). The Morgan fingerprint density at radius 2 is 1.83 bits per heavy atom. The summed E-state index contributed by atoms with van der Waals surface area (Å²) in [5.41, 5.74) is 4.89. The van der Waals surface area contributed by atoms with Gasteiger partial charge in [0.25, 0.3) is 0 Å². The van der Waals surface area contributed by atoms with E-state index in [1.54, 1.807) is 16.7 Å². The van der Waals surface area contributed by atoms with Crippen molar-refractivity contribution < 1.29 is 0 Å². The molecule has 0 saturated heterocycles. The van der Waals surface area contributed by atoms with Crippen LogP contribution in [-0.2, 0) is 0 Å². The van der Waals surface area contributed by atoms with E-state index in [4.69, 9.17) is 0 Å². The van der Waals surface area contributed by atoms with Crippen LogP contribution in [0.25, 0.3) is 0 Å². The van der Waals surface area contributed by atoms with Gasteiger partial charge in [-0.05, 0) is 37.3 Å². The summed E-state index contributed by atoms with van der Waals surface area (Å²) in [6.45, 7) is 6.81. The quantitative estimate of drug-likeness (QED) is 0.583. The molecule has 0 radical (unpaired) electrons. The highest BCUT2D eigenvalue weighted by atomic mass is 14.2. The molecule has 0 heteroatoms. The molecule has 0 heterocycles. The van der Waals surface area contributed by atoms with Crippen LogP contribution < -0.4 is 0 Å². The molecule has 0 atom stereocenters. The maximum Gasteiger partial charge on any atom is -0.0127 e. The molecule has 0 aromatic rings. The number of rotatable bonds is 4. The lowest BCUT2D eigenvalue weighted by molar-refractivity contribution is 0.873. The fraction of sp³-hybridized carbons (Fsp3) is 0.667. The molecule has 1 aliphatic rings. The second-order valence-corrected chi connectivity index (χ2v) is 3.66. The van der Waals surface area contributed by atoms with E-state index in [0.717, 1.165) is 0 Å². The average Bonchev–Trinajstić information content (AvgIpc) is 2.38. The highest BCUT2D eigenvalue weighted by Gasteiger charge is 2.11. The number of hydrogen-bond donors (Lipinski definition) is 0. The van der Waals surface area contributed by atoms with Gasteiger partial charge in [0, 0.05) is 0 Å². The fourth-order valence-corrected chi connectivity index (χ4v) is 1.93. The van der Waals surface area contributed by atoms with Gasteiger partial charge in [0.15, 0.2) is 0 Å². The van der Waals surface area contributed by atoms with E-state index < -0.39 is 0 Å². The largest absolute Gasteiger partial charge is 0.0770 e. The third-order valence-corrected chi connectivity index (χ3v) is 2.68. The Morgan fingerprint density at radius 1 is 1.17 bits per heavy atom. The minimum Gasteiger partial charge on any atom is -0.0770 e. The zero-order valence-electron chi connectivity index (χ0n) is 8.61. The van der Waals surface area contributed by atoms with Crippen molar-refractivity contribution in [3.63, 3.8) is 0 Å². The van der Waals surface area contributed by atoms with E-state index in [-0.39, 0.29) is 0 Å². The van der Waals surface area contributed by atoms with Crippen molar-refractivity contribution >= 4 is 0 Å². The molecular formula is C12H20. The van der Waals surface area contributed by atoms with Crippen LogP contribution >= 0.6 is 0 Å². The molecule has 0 nitrogen and oxygen atoms in total. The third kappa shape index (κ3) is 2.00. The Morgan fingerprint density at radius 3 is 2.42 bits per heavy atom. The van der Waals surface area contributed by atoms with Gasteiger partial charge in [-0.1, -0.05) is 38.3 Å². The normalized spacial score (nSPS) is 17.1. The van der Waals surface area contributed by atoms with Crippen LogP contribution in [-0.4, -0.2) is 0 Å². The van der Waals surface area contributed by atoms with Crippen LogP contribution in [0.15, 0.2) is 22.8 Å². The molecular weight excluding hydrogens is 144 g/mol. The summed E-state index contributed by atoms with van der Waals surface area (Å²) in [6, 6.07) is 0. The van der Waals surface area contributed by atoms with Crippen molar-refractivity contribution in [1.29, 1.82) is 0 Å². The summed E-state index contributed by atoms with van der Waals surface area (Å²) < 4.78 is 0. The zero-order chi connectivity index (χ0) is 8.97. The lowest BCUT2D eigenvalue weighted by Crippen LogP contribution is -1.84. The average molecular weight is 164 g/mol. The molecule has 0 aromatic heterocycles. The molecule has 0 N–H and O–H groups in total. The molecule has 0 saturated carbocycles. The maximum atomic E-state index is 2.42. The van der Waals surface area contributed by atoms with Crippen LogP contribution in [0.3, 0.4) is 0 Å². The molecule has 0 amide bonds. The fourth-order valence-electron chi connectivity index (χ4n) is 1.93. The van der Waals surface area contributed by atoms with Crippen LogP contribution in [0.5, 0.6) is 0 Å². The van der Waals surface area contributed by atoms with Crippen LogP contribution in [0.4, 0.5) is 0 Å². The Hall–Kier alpha value is -0.520. The van der Waals surface area contributed by atoms with Crippen molar-refractivity contribution in [2.75, 3.05) is 0 Å². The molecule has 68 valence electrons. The Kier molecular flexibility index (Phi) is 3.58. The molecule has 0 aliphatic heterocycles. The van der Waals surface area contributed by atoms with Crippen molar-refractivity contribution in [1.82, 2.24) is 0 Å². The maximum absolute atomic E-state index is 2.42. The summed E-state index contributed by atoms with van der Waals surface area (Å²) in [5, 5.41) is 0. The Balaban J connectivity index is 2.58. The summed E-state index contributed by atoms with van der Waals surface area (Å²) in [5.74, 6) is 0. The predicted molar refractivity (Wildman–Crippen MR) is 55.2 cm³/mol. The van der Waals surface area contributed by atoms with Gasteiger partial charge in [-0.15, -0.1) is 0 Å². The molecule has 0 spiro atoms. The lowest BCUT2D eigenvalue weighted by atomic mass is 10.0. The highest BCUT2D eigenvalue weighted by Crippen LogP contribution is 2.31. The van der Waals surface area contributed by atoms with E-state index in [0.29, 0.717) is 0 Å². The van der Waals surface area contributed by atoms with E-state index in [1.165, 1.54) is 32.1 Å². The second kappa shape index (κ2) is 4.49. The lowest BCUT2D eigenvalue weighted by Gasteiger charge is -2.04. The summed E-state index contributed by atoms with van der Waals surface area (Å²) >= 11 is 0. The molecule has 0 bridgehead atoms. The van der Waals surface area contributed by atoms with Gasteiger partial charge in [0.05, 0.1) is 0 Å². The van der Waals surface area contributed by atoms with E-state index >= 15 is 0 Å². The second-order valence-electron chi connectivity index (χ2n) is 3.66. The van der Waals surface area contributed by atoms with Crippen molar-refractivity contribution in [3.8, 4) is 0 Å². The summed E-state index contributed by atoms with van der Waals surface area (Å²) in [4.78, 5) is 0. The highest BCUT2D eigenvalue weighted by molar-refractivity contribution is 5.40. The molecule has 1 aliphatic carbocycles. The monoisotopic (exact) mass is 164 g/mol. The van der Waals surface area contributed by atoms with Crippen molar-refractivity contribution in [2.45, 2.75) is 52.9 Å². The Bertz CT molecular complexity index is 197. The predicted octanol–water partition coefficient (Wildman–Crippen LogP) is 4.23. The van der Waals surface area contributed by atoms with Crippen LogP contribution in [0, 0.1) is 0 Å². The SMILES string of the molecule is CCCC1=CCC(CCC)=C1C. The van der Waals surface area contributed by atoms with E-state index in [1.807, 2.05) is 0 Å². The first-order valence-electron chi connectivity index (χ1n) is 5.17. The number of allylic oxidation sites excluding steroid dienone is 4. The first kappa shape index (κ1) is 9.57. The van der Waals surface area contributed by atoms with Gasteiger partial charge in [-0.3, -0.25) is 0 Å². The molecule has 0 unspecified atom stereocenters. The van der Waals surface area contributed by atoms with E-state index in [9.17, 15) is 0 Å². The first-order valence-corrected chi connectivity index (χ1v) is 5.17. The van der Waals surface area contributed by atoms with Gasteiger partial charge in [0.2, 0.25) is 0 Å². The van der Waals surface area contributed by atoms with Crippen molar-refractivity contribution in [3.05, 3.63) is 22.8 Å². The van der Waals surface area contributed by atoms with Crippen LogP contribution in [0.2, 0.25) is 0 Å². The van der Waals surface area contributed by atoms with Gasteiger partial charge >= 0.3 is 0 Å². The van der Waals surface area contributed by atoms with Crippen molar-refractivity contribution in [2.24, 2.45) is 0 Å². The molecule has 0 aromatic carbocycles. The van der Waals surface area contributed by atoms with Gasteiger partial charge in [-0.25, -0.2) is 0 Å². The van der Waals surface area contributed by atoms with Crippen LogP contribution in [0.1, 0.15) is 52.9 Å². The first-order chi connectivity index (χ1) is 5.79. The molecule has 12 heavy (non-hydrogen) atoms. The van der Waals surface area contributed by atoms with E-state index in [2.05, 4.69) is 26.8 Å². The molecule has 0 fully saturated rings. The van der Waals surface area contributed by atoms with Gasteiger partial charge < -0.3 is 0 Å². The smallest absolute Gasteiger partial charge is 0.0127 e. The summed E-state index contributed by atoms with van der Waals surface area (Å²) in [6.07, 6.45) is 8.80. The summed E-state index contributed by atoms with van der Waals surface area (Å²) in [7, 11) is 0. The zero-order valence-corrected chi connectivity index (χ0v) is 8.61. The number of hydrogen-bond acceptors (Lipinski definition) is 0. The topological polar surface area (TPSA) is 0 Å². The minimum absolute atomic E-state index is 1.23. The van der Waals surface area contributed by atoms with Gasteiger partial charge in [-0.2, -0.15) is 0 Å².